The van der Waals surface area contributed by atoms with E-state index < -0.39 is 0 Å². The number of hydrogen-bond donors (Lipinski definition) is 2. The van der Waals surface area contributed by atoms with E-state index in [0.717, 1.165) is 0 Å². The zero-order valence-electron chi connectivity index (χ0n) is 7.20. The molecule has 13 heavy (non-hydrogen) atoms. The Morgan fingerprint density at radius 3 is 1.46 bits per heavy atom. The van der Waals surface area contributed by atoms with Crippen molar-refractivity contribution < 1.29 is 0 Å². The zero-order chi connectivity index (χ0) is 10.5. The second-order valence-electron chi connectivity index (χ2n) is 1.86. The van der Waals surface area contributed by atoms with Crippen LogP contribution in [-0.2, 0) is 0 Å². The first-order valence-corrected chi connectivity index (χ1v) is 4.14. The van der Waals surface area contributed by atoms with Gasteiger partial charge in [-0.2, -0.15) is 0 Å². The Morgan fingerprint density at radius 1 is 1.00 bits per heavy atom. The second-order valence-corrected chi connectivity index (χ2v) is 2.27. The van der Waals surface area contributed by atoms with Gasteiger partial charge >= 0.3 is 0 Å². The molecule has 0 saturated heterocycles. The van der Waals surface area contributed by atoms with E-state index in [1.165, 1.54) is 5.56 Å². The lowest BCUT2D eigenvalue weighted by Crippen LogP contribution is -1.62. The Bertz CT molecular complexity index is 259. The molecule has 1 aromatic rings. The van der Waals surface area contributed by atoms with Gasteiger partial charge < -0.3 is 0 Å². The molecule has 0 amide bonds. The zero-order valence-corrected chi connectivity index (χ0v) is 8.84. The van der Waals surface area contributed by atoms with Crippen LogP contribution in [0.1, 0.15) is 5.56 Å². The summed E-state index contributed by atoms with van der Waals surface area (Å²) in [4.78, 5) is 0. The van der Waals surface area contributed by atoms with Gasteiger partial charge in [0, 0.05) is 0 Å². The third kappa shape index (κ3) is 18.1. The van der Waals surface area contributed by atoms with Crippen molar-refractivity contribution in [3.8, 4) is 0 Å². The number of thiocarbonyl (C=S) groups is 2. The second kappa shape index (κ2) is 13.4. The van der Waals surface area contributed by atoms with Crippen LogP contribution in [0.3, 0.4) is 0 Å². The molecule has 0 unspecified atom stereocenters. The SMILES string of the molecule is Cc1ccccc1.N=C=S.N=C=S. The van der Waals surface area contributed by atoms with Crippen molar-refractivity contribution in [1.29, 1.82) is 10.8 Å². The highest BCUT2D eigenvalue weighted by Crippen LogP contribution is 1.92. The number of aryl methyl sites for hydroxylation is 1. The summed E-state index contributed by atoms with van der Waals surface area (Å²) in [5.74, 6) is 0. The van der Waals surface area contributed by atoms with Crippen LogP contribution in [0.4, 0.5) is 0 Å². The van der Waals surface area contributed by atoms with Gasteiger partial charge in [0.25, 0.3) is 0 Å². The minimum Gasteiger partial charge on any atom is -0.248 e. The summed E-state index contributed by atoms with van der Waals surface area (Å²) in [6.07, 6.45) is 0. The molecule has 0 aliphatic heterocycles. The third-order valence-corrected chi connectivity index (χ3v) is 0.940. The van der Waals surface area contributed by atoms with Crippen molar-refractivity contribution in [3.63, 3.8) is 0 Å². The lowest BCUT2D eigenvalue weighted by atomic mass is 10.2. The number of benzene rings is 1. The fraction of sp³-hybridized carbons (Fsp3) is 0.111. The van der Waals surface area contributed by atoms with E-state index in [2.05, 4.69) is 43.5 Å². The summed E-state index contributed by atoms with van der Waals surface area (Å²) in [5, 5.41) is 14.7. The number of nitrogens with one attached hydrogen (secondary N) is 2. The molecule has 2 nitrogen and oxygen atoms in total. The smallest absolute Gasteiger partial charge is 0.0554 e. The van der Waals surface area contributed by atoms with Gasteiger partial charge in [0.2, 0.25) is 0 Å². The van der Waals surface area contributed by atoms with E-state index in [-0.39, 0.29) is 0 Å². The largest absolute Gasteiger partial charge is 0.248 e. The Hall–Kier alpha value is -1.18. The highest BCUT2D eigenvalue weighted by molar-refractivity contribution is 7.78. The Kier molecular flexibility index (Phi) is 14.8. The highest BCUT2D eigenvalue weighted by Gasteiger charge is 1.72. The van der Waals surface area contributed by atoms with Crippen LogP contribution in [0.15, 0.2) is 30.3 Å². The van der Waals surface area contributed by atoms with Gasteiger partial charge in [0.05, 0.1) is 10.3 Å². The average molecular weight is 210 g/mol. The van der Waals surface area contributed by atoms with Crippen LogP contribution in [0.2, 0.25) is 0 Å². The molecule has 0 radical (unpaired) electrons. The van der Waals surface area contributed by atoms with Crippen molar-refractivity contribution in [2.45, 2.75) is 6.92 Å². The van der Waals surface area contributed by atoms with Crippen LogP contribution in [-0.4, -0.2) is 10.3 Å². The van der Waals surface area contributed by atoms with E-state index in [0.29, 0.717) is 0 Å². The monoisotopic (exact) mass is 210 g/mol. The van der Waals surface area contributed by atoms with Gasteiger partial charge in [-0.05, 0) is 31.4 Å². The van der Waals surface area contributed by atoms with Crippen molar-refractivity contribution in [1.82, 2.24) is 0 Å². The van der Waals surface area contributed by atoms with Gasteiger partial charge in [-0.25, -0.2) is 10.8 Å². The fourth-order valence-corrected chi connectivity index (χ4v) is 0.534. The van der Waals surface area contributed by atoms with Gasteiger partial charge in [0.1, 0.15) is 0 Å². The van der Waals surface area contributed by atoms with Crippen molar-refractivity contribution in [3.05, 3.63) is 35.9 Å². The predicted molar refractivity (Wildman–Crippen MR) is 61.8 cm³/mol. The molecule has 1 aromatic carbocycles. The molecule has 0 spiro atoms. The van der Waals surface area contributed by atoms with Crippen LogP contribution < -0.4 is 0 Å². The summed E-state index contributed by atoms with van der Waals surface area (Å²) >= 11 is 7.62. The first kappa shape index (κ1) is 14.3. The van der Waals surface area contributed by atoms with E-state index in [1.807, 2.05) is 18.2 Å². The average Bonchev–Trinajstić information content (AvgIpc) is 2.08. The predicted octanol–water partition coefficient (Wildman–Crippen LogP) is 3.33. The highest BCUT2D eigenvalue weighted by atomic mass is 32.1. The van der Waals surface area contributed by atoms with Crippen molar-refractivity contribution in [2.24, 2.45) is 0 Å². The molecule has 0 atom stereocenters. The van der Waals surface area contributed by atoms with E-state index in [4.69, 9.17) is 10.8 Å². The normalized spacial score (nSPS) is 5.92. The fourth-order valence-electron chi connectivity index (χ4n) is 0.534. The molecule has 0 aliphatic carbocycles. The van der Waals surface area contributed by atoms with Crippen LogP contribution in [0.5, 0.6) is 0 Å². The number of rotatable bonds is 0. The quantitative estimate of drug-likeness (QED) is 0.509. The maximum atomic E-state index is 5.77. The molecule has 0 aromatic heterocycles. The van der Waals surface area contributed by atoms with E-state index in [1.54, 1.807) is 10.3 Å². The lowest BCUT2D eigenvalue weighted by Gasteiger charge is -1.82. The maximum absolute atomic E-state index is 5.77. The van der Waals surface area contributed by atoms with Crippen LogP contribution in [0.25, 0.3) is 0 Å². The molecular formula is C9H10N2S2. The Labute approximate surface area is 88.6 Å². The summed E-state index contributed by atoms with van der Waals surface area (Å²) in [6, 6.07) is 10.3. The summed E-state index contributed by atoms with van der Waals surface area (Å²) in [7, 11) is 0. The topological polar surface area (TPSA) is 47.7 Å². The molecule has 0 fully saturated rings. The van der Waals surface area contributed by atoms with Crippen LogP contribution >= 0.6 is 24.4 Å². The molecule has 0 saturated carbocycles. The number of isothiocyanates is 2. The summed E-state index contributed by atoms with van der Waals surface area (Å²) < 4.78 is 0. The maximum Gasteiger partial charge on any atom is 0.0554 e. The Balaban J connectivity index is 0. The molecule has 0 heterocycles. The van der Waals surface area contributed by atoms with Crippen molar-refractivity contribution >= 4 is 34.8 Å². The molecule has 0 aliphatic rings. The first-order valence-electron chi connectivity index (χ1n) is 3.32. The van der Waals surface area contributed by atoms with Crippen LogP contribution in [0, 0.1) is 17.7 Å². The van der Waals surface area contributed by atoms with Gasteiger partial charge in [-0.15, -0.1) is 0 Å². The van der Waals surface area contributed by atoms with E-state index in [9.17, 15) is 0 Å². The minimum absolute atomic E-state index is 1.32. The molecular weight excluding hydrogens is 200 g/mol. The van der Waals surface area contributed by atoms with E-state index >= 15 is 0 Å². The molecule has 68 valence electrons. The Morgan fingerprint density at radius 2 is 1.31 bits per heavy atom. The van der Waals surface area contributed by atoms with Crippen molar-refractivity contribution in [2.75, 3.05) is 0 Å². The van der Waals surface area contributed by atoms with Gasteiger partial charge in [-0.3, -0.25) is 0 Å². The number of hydrogen-bond acceptors (Lipinski definition) is 4. The molecule has 4 heteroatoms. The lowest BCUT2D eigenvalue weighted by molar-refractivity contribution is 1.48. The summed E-state index contributed by atoms with van der Waals surface area (Å²) in [6.45, 7) is 2.08. The minimum atomic E-state index is 1.32. The standard InChI is InChI=1S/C7H8.2CHNS/c1-7-5-3-2-4-6-7;2*2-1-3/h2-6H,1H3;2*2H. The third-order valence-electron chi connectivity index (χ3n) is 0.940. The van der Waals surface area contributed by atoms with Gasteiger partial charge in [0.15, 0.2) is 0 Å². The molecule has 2 N–H and O–H groups in total. The van der Waals surface area contributed by atoms with Gasteiger partial charge in [-0.1, -0.05) is 35.9 Å². The first-order chi connectivity index (χ1) is 6.22. The molecule has 0 bridgehead atoms. The summed E-state index contributed by atoms with van der Waals surface area (Å²) in [5.41, 5.74) is 1.32. The molecule has 1 rings (SSSR count).